The highest BCUT2D eigenvalue weighted by atomic mass is 35.5. The Hall–Kier alpha value is -1.03. The van der Waals surface area contributed by atoms with Crippen LogP contribution in [0.15, 0.2) is 36.4 Å². The number of aliphatic hydroxyl groups is 1. The van der Waals surface area contributed by atoms with Crippen molar-refractivity contribution in [1.29, 1.82) is 0 Å². The first kappa shape index (κ1) is 13.4. The molecule has 0 aliphatic rings. The lowest BCUT2D eigenvalue weighted by molar-refractivity contribution is 0.179. The number of halogens is 1. The van der Waals surface area contributed by atoms with Crippen LogP contribution in [-0.4, -0.2) is 11.7 Å². The standard InChI is InChI=1S/C14H15ClO2S/c1-2-17-11-5-3-10(4-6-11)13(16)9-12-7-8-14(15)18-12/h3-8,13,16H,2,9H2,1H3. The Morgan fingerprint density at radius 3 is 2.50 bits per heavy atom. The molecule has 1 unspecified atom stereocenters. The normalized spacial score (nSPS) is 12.4. The third kappa shape index (κ3) is 3.48. The zero-order valence-corrected chi connectivity index (χ0v) is 11.7. The Morgan fingerprint density at radius 2 is 1.94 bits per heavy atom. The van der Waals surface area contributed by atoms with Crippen LogP contribution in [0.1, 0.15) is 23.5 Å². The molecule has 1 heterocycles. The highest BCUT2D eigenvalue weighted by Gasteiger charge is 2.10. The van der Waals surface area contributed by atoms with Crippen LogP contribution in [0.25, 0.3) is 0 Å². The van der Waals surface area contributed by atoms with Gasteiger partial charge in [-0.1, -0.05) is 23.7 Å². The summed E-state index contributed by atoms with van der Waals surface area (Å²) in [5.74, 6) is 0.826. The summed E-state index contributed by atoms with van der Waals surface area (Å²) >= 11 is 7.37. The monoisotopic (exact) mass is 282 g/mol. The average Bonchev–Trinajstić information content (AvgIpc) is 2.76. The van der Waals surface area contributed by atoms with E-state index in [2.05, 4.69) is 0 Å². The van der Waals surface area contributed by atoms with E-state index in [0.29, 0.717) is 13.0 Å². The summed E-state index contributed by atoms with van der Waals surface area (Å²) in [5, 5.41) is 10.1. The fourth-order valence-corrected chi connectivity index (χ4v) is 2.85. The molecular weight excluding hydrogens is 268 g/mol. The van der Waals surface area contributed by atoms with Gasteiger partial charge in [-0.05, 0) is 36.8 Å². The second-order valence-corrected chi connectivity index (χ2v) is 5.73. The minimum atomic E-state index is -0.504. The first-order valence-corrected chi connectivity index (χ1v) is 7.03. The van der Waals surface area contributed by atoms with Crippen LogP contribution in [0.2, 0.25) is 4.34 Å². The zero-order valence-electron chi connectivity index (χ0n) is 10.1. The maximum atomic E-state index is 10.1. The van der Waals surface area contributed by atoms with E-state index in [0.717, 1.165) is 20.5 Å². The van der Waals surface area contributed by atoms with Gasteiger partial charge in [-0.15, -0.1) is 11.3 Å². The van der Waals surface area contributed by atoms with Gasteiger partial charge in [0.1, 0.15) is 5.75 Å². The topological polar surface area (TPSA) is 29.5 Å². The Kier molecular flexibility index (Phi) is 4.64. The van der Waals surface area contributed by atoms with Crippen molar-refractivity contribution in [3.8, 4) is 5.75 Å². The van der Waals surface area contributed by atoms with Crippen LogP contribution in [-0.2, 0) is 6.42 Å². The molecule has 96 valence electrons. The van der Waals surface area contributed by atoms with Crippen molar-refractivity contribution >= 4 is 22.9 Å². The third-order valence-corrected chi connectivity index (χ3v) is 3.85. The van der Waals surface area contributed by atoms with Gasteiger partial charge < -0.3 is 9.84 Å². The summed E-state index contributed by atoms with van der Waals surface area (Å²) in [4.78, 5) is 1.08. The molecule has 1 aromatic heterocycles. The Balaban J connectivity index is 2.02. The maximum absolute atomic E-state index is 10.1. The van der Waals surface area contributed by atoms with Crippen LogP contribution in [0, 0.1) is 0 Å². The van der Waals surface area contributed by atoms with Gasteiger partial charge in [0.15, 0.2) is 0 Å². The molecule has 2 rings (SSSR count). The third-order valence-electron chi connectivity index (χ3n) is 2.60. The number of hydrogen-bond acceptors (Lipinski definition) is 3. The first-order valence-electron chi connectivity index (χ1n) is 5.84. The molecule has 18 heavy (non-hydrogen) atoms. The number of ether oxygens (including phenoxy) is 1. The first-order chi connectivity index (χ1) is 8.69. The van der Waals surface area contributed by atoms with E-state index in [9.17, 15) is 5.11 Å². The summed E-state index contributed by atoms with van der Waals surface area (Å²) in [5.41, 5.74) is 0.892. The van der Waals surface area contributed by atoms with Crippen molar-refractivity contribution < 1.29 is 9.84 Å². The Bertz CT molecular complexity index is 493. The summed E-state index contributed by atoms with van der Waals surface area (Å²) in [6.07, 6.45) is 0.0844. The van der Waals surface area contributed by atoms with Crippen molar-refractivity contribution in [3.05, 3.63) is 51.2 Å². The van der Waals surface area contributed by atoms with E-state index in [-0.39, 0.29) is 0 Å². The lowest BCUT2D eigenvalue weighted by Crippen LogP contribution is -2.00. The van der Waals surface area contributed by atoms with Crippen molar-refractivity contribution in [1.82, 2.24) is 0 Å². The zero-order chi connectivity index (χ0) is 13.0. The van der Waals surface area contributed by atoms with Crippen molar-refractivity contribution in [3.63, 3.8) is 0 Å². The lowest BCUT2D eigenvalue weighted by Gasteiger charge is -2.10. The van der Waals surface area contributed by atoms with E-state index in [1.54, 1.807) is 0 Å². The van der Waals surface area contributed by atoms with E-state index in [1.807, 2.05) is 43.3 Å². The molecule has 2 aromatic rings. The van der Waals surface area contributed by atoms with E-state index in [4.69, 9.17) is 16.3 Å². The predicted molar refractivity (Wildman–Crippen MR) is 75.6 cm³/mol. The Morgan fingerprint density at radius 1 is 1.22 bits per heavy atom. The molecule has 0 saturated heterocycles. The van der Waals surface area contributed by atoms with Crippen molar-refractivity contribution in [2.75, 3.05) is 6.61 Å². The molecule has 0 amide bonds. The van der Waals surface area contributed by atoms with Gasteiger partial charge in [-0.25, -0.2) is 0 Å². The quantitative estimate of drug-likeness (QED) is 0.895. The second-order valence-electron chi connectivity index (χ2n) is 3.93. The highest BCUT2D eigenvalue weighted by molar-refractivity contribution is 7.16. The molecule has 0 bridgehead atoms. The second kappa shape index (κ2) is 6.23. The molecule has 0 aliphatic heterocycles. The van der Waals surface area contributed by atoms with Crippen molar-refractivity contribution in [2.45, 2.75) is 19.4 Å². The van der Waals surface area contributed by atoms with Gasteiger partial charge >= 0.3 is 0 Å². The van der Waals surface area contributed by atoms with Gasteiger partial charge in [-0.2, -0.15) is 0 Å². The van der Waals surface area contributed by atoms with Gasteiger partial charge in [0.25, 0.3) is 0 Å². The molecule has 0 aliphatic carbocycles. The van der Waals surface area contributed by atoms with Crippen molar-refractivity contribution in [2.24, 2.45) is 0 Å². The van der Waals surface area contributed by atoms with E-state index >= 15 is 0 Å². The smallest absolute Gasteiger partial charge is 0.119 e. The molecular formula is C14H15ClO2S. The van der Waals surface area contributed by atoms with Gasteiger partial charge in [0.2, 0.25) is 0 Å². The van der Waals surface area contributed by atoms with Gasteiger partial charge in [-0.3, -0.25) is 0 Å². The molecule has 1 aromatic carbocycles. The molecule has 2 nitrogen and oxygen atoms in total. The fraction of sp³-hybridized carbons (Fsp3) is 0.286. The summed E-state index contributed by atoms with van der Waals surface area (Å²) in [7, 11) is 0. The molecule has 1 atom stereocenters. The number of thiophene rings is 1. The minimum Gasteiger partial charge on any atom is -0.494 e. The van der Waals surface area contributed by atoms with Crippen LogP contribution in [0.5, 0.6) is 5.75 Å². The minimum absolute atomic E-state index is 0.504. The SMILES string of the molecule is CCOc1ccc(C(O)Cc2ccc(Cl)s2)cc1. The van der Waals surface area contributed by atoms with Crippen LogP contribution in [0.3, 0.4) is 0 Å². The largest absolute Gasteiger partial charge is 0.494 e. The summed E-state index contributed by atoms with van der Waals surface area (Å²) < 4.78 is 6.12. The van der Waals surface area contributed by atoms with Crippen LogP contribution < -0.4 is 4.74 Å². The highest BCUT2D eigenvalue weighted by Crippen LogP contribution is 2.27. The van der Waals surface area contributed by atoms with E-state index < -0.39 is 6.10 Å². The molecule has 0 fully saturated rings. The Labute approximate surface area is 116 Å². The van der Waals surface area contributed by atoms with Gasteiger partial charge in [0, 0.05) is 11.3 Å². The maximum Gasteiger partial charge on any atom is 0.119 e. The fourth-order valence-electron chi connectivity index (χ4n) is 1.72. The molecule has 0 saturated carbocycles. The molecule has 1 N–H and O–H groups in total. The van der Waals surface area contributed by atoms with Crippen LogP contribution >= 0.6 is 22.9 Å². The number of hydrogen-bond donors (Lipinski definition) is 1. The predicted octanol–water partition coefficient (Wildman–Crippen LogP) is 4.08. The number of benzene rings is 1. The van der Waals surface area contributed by atoms with Crippen LogP contribution in [0.4, 0.5) is 0 Å². The lowest BCUT2D eigenvalue weighted by atomic mass is 10.1. The number of aliphatic hydroxyl groups excluding tert-OH is 1. The average molecular weight is 283 g/mol. The molecule has 0 spiro atoms. The summed E-state index contributed by atoms with van der Waals surface area (Å²) in [6.45, 7) is 2.60. The van der Waals surface area contributed by atoms with Gasteiger partial charge in [0.05, 0.1) is 17.0 Å². The molecule has 0 radical (unpaired) electrons. The number of rotatable bonds is 5. The van der Waals surface area contributed by atoms with E-state index in [1.165, 1.54) is 11.3 Å². The summed E-state index contributed by atoms with van der Waals surface area (Å²) in [6, 6.07) is 11.3. The molecule has 4 heteroatoms.